The Morgan fingerprint density at radius 2 is 1.39 bits per heavy atom. The van der Waals surface area contributed by atoms with Gasteiger partial charge in [0.25, 0.3) is 5.91 Å². The molecule has 0 bridgehead atoms. The van der Waals surface area contributed by atoms with E-state index in [-0.39, 0.29) is 20.2 Å². The van der Waals surface area contributed by atoms with E-state index in [4.69, 9.17) is 8.37 Å². The summed E-state index contributed by atoms with van der Waals surface area (Å²) in [6.45, 7) is 0. The van der Waals surface area contributed by atoms with Gasteiger partial charge in [0, 0.05) is 20.2 Å². The van der Waals surface area contributed by atoms with Gasteiger partial charge in [-0.05, 0) is 77.0 Å². The number of hydrogen-bond acceptors (Lipinski definition) is 7. The number of hydrogen-bond donors (Lipinski definition) is 1. The van der Waals surface area contributed by atoms with E-state index < -0.39 is 31.8 Å². The first-order chi connectivity index (χ1) is 19.5. The van der Waals surface area contributed by atoms with Crippen molar-refractivity contribution in [2.75, 3.05) is 12.4 Å². The number of benzene rings is 4. The Balaban J connectivity index is 1.56. The predicted octanol–water partition coefficient (Wildman–Crippen LogP) is 7.62. The van der Waals surface area contributed by atoms with E-state index in [9.17, 15) is 26.4 Å². The Hall–Kier alpha value is -3.91. The minimum atomic E-state index is -6.04. The number of aromatic nitrogens is 1. The van der Waals surface area contributed by atoms with Gasteiger partial charge >= 0.3 is 15.6 Å². The molecule has 0 aliphatic heterocycles. The molecule has 0 unspecified atom stereocenters. The van der Waals surface area contributed by atoms with E-state index in [0.29, 0.717) is 16.4 Å². The molecule has 1 N–H and O–H groups in total. The van der Waals surface area contributed by atoms with Crippen LogP contribution in [0.4, 0.5) is 18.3 Å². The molecule has 5 aromatic rings. The number of rotatable bonds is 8. The molecule has 0 radical (unpaired) electrons. The van der Waals surface area contributed by atoms with Gasteiger partial charge in [-0.3, -0.25) is 10.1 Å². The number of fused-ring (bicyclic) bond motifs is 1. The molecule has 1 amide bonds. The van der Waals surface area contributed by atoms with E-state index in [1.807, 2.05) is 0 Å². The van der Waals surface area contributed by atoms with Crippen molar-refractivity contribution < 1.29 is 34.7 Å². The second-order valence-corrected chi connectivity index (χ2v) is 14.0. The second-order valence-electron chi connectivity index (χ2n) is 8.48. The van der Waals surface area contributed by atoms with E-state index in [1.54, 1.807) is 61.7 Å². The summed E-state index contributed by atoms with van der Waals surface area (Å²) in [5, 5.41) is 3.07. The number of halogens is 3. The van der Waals surface area contributed by atoms with Crippen LogP contribution in [0.3, 0.4) is 0 Å². The summed E-state index contributed by atoms with van der Waals surface area (Å²) in [6.07, 6.45) is 0. The van der Waals surface area contributed by atoms with E-state index >= 15 is 0 Å². The average Bonchev–Trinajstić information content (AvgIpc) is 3.37. The molecule has 0 atom stereocenters. The molecule has 1 aromatic heterocycles. The van der Waals surface area contributed by atoms with Crippen LogP contribution in [-0.4, -0.2) is 31.9 Å². The molecule has 13 heteroatoms. The number of nitrogens with one attached hydrogen (secondary N) is 1. The lowest BCUT2D eigenvalue weighted by atomic mass is 10.2. The maximum Gasteiger partial charge on any atom is 0.524 e. The SMILES string of the molecule is COc1ccc2nc(NC(=O)c3ccc(S(OS(=O)(=O)C(F)(F)F)(c4ccccc4)c4ccccc4)cc3)sc2c1. The number of thiazole rings is 1. The molecule has 0 saturated carbocycles. The average molecular weight is 619 g/mol. The summed E-state index contributed by atoms with van der Waals surface area (Å²) >= 11 is 1.25. The molecule has 0 saturated heterocycles. The molecule has 41 heavy (non-hydrogen) atoms. The highest BCUT2D eigenvalue weighted by Crippen LogP contribution is 2.70. The first kappa shape index (κ1) is 28.6. The minimum absolute atomic E-state index is 0.145. The Kier molecular flexibility index (Phi) is 7.79. The molecule has 0 spiro atoms. The van der Waals surface area contributed by atoms with Crippen LogP contribution in [0, 0.1) is 0 Å². The Morgan fingerprint density at radius 3 is 1.93 bits per heavy atom. The molecule has 0 aliphatic carbocycles. The number of alkyl halides is 3. The summed E-state index contributed by atoms with van der Waals surface area (Å²) in [6, 6.07) is 26.6. The zero-order valence-corrected chi connectivity index (χ0v) is 23.6. The highest BCUT2D eigenvalue weighted by Gasteiger charge is 2.52. The number of anilines is 1. The smallest absolute Gasteiger partial charge is 0.497 e. The summed E-state index contributed by atoms with van der Waals surface area (Å²) in [4.78, 5) is 18.0. The van der Waals surface area contributed by atoms with Crippen LogP contribution in [0.25, 0.3) is 10.2 Å². The third-order valence-electron chi connectivity index (χ3n) is 5.89. The molecule has 0 fully saturated rings. The number of methoxy groups -OCH3 is 1. The fourth-order valence-corrected chi connectivity index (χ4v) is 9.61. The van der Waals surface area contributed by atoms with E-state index in [0.717, 1.165) is 4.70 Å². The zero-order valence-electron chi connectivity index (χ0n) is 21.2. The van der Waals surface area contributed by atoms with Crippen LogP contribution in [-0.2, 0) is 13.7 Å². The van der Waals surface area contributed by atoms with Gasteiger partial charge in [-0.25, -0.2) is 4.98 Å². The van der Waals surface area contributed by atoms with Gasteiger partial charge in [-0.1, -0.05) is 47.7 Å². The molecule has 212 valence electrons. The van der Waals surface area contributed by atoms with Crippen molar-refractivity contribution in [2.45, 2.75) is 20.2 Å². The fourth-order valence-electron chi connectivity index (χ4n) is 3.98. The Bertz CT molecular complexity index is 1760. The van der Waals surface area contributed by atoms with E-state index in [1.165, 1.54) is 59.9 Å². The van der Waals surface area contributed by atoms with Crippen LogP contribution in [0.5, 0.6) is 5.75 Å². The van der Waals surface area contributed by atoms with Crippen molar-refractivity contribution >= 4 is 53.0 Å². The van der Waals surface area contributed by atoms with Crippen molar-refractivity contribution in [1.82, 2.24) is 4.98 Å². The van der Waals surface area contributed by atoms with Gasteiger partial charge in [0.05, 0.1) is 17.3 Å². The lowest BCUT2D eigenvalue weighted by molar-refractivity contribution is -0.0496. The normalized spacial score (nSPS) is 12.7. The quantitative estimate of drug-likeness (QED) is 0.180. The van der Waals surface area contributed by atoms with Crippen LogP contribution >= 0.6 is 21.6 Å². The molecular formula is C28H21F3N2O5S3. The molecular weight excluding hydrogens is 598 g/mol. The largest absolute Gasteiger partial charge is 0.524 e. The van der Waals surface area contributed by atoms with Crippen LogP contribution in [0.2, 0.25) is 0 Å². The van der Waals surface area contributed by atoms with Crippen molar-refractivity contribution in [3.63, 3.8) is 0 Å². The van der Waals surface area contributed by atoms with Gasteiger partial charge < -0.3 is 4.74 Å². The minimum Gasteiger partial charge on any atom is -0.497 e. The van der Waals surface area contributed by atoms with Crippen LogP contribution in [0.15, 0.2) is 118 Å². The van der Waals surface area contributed by atoms with Crippen molar-refractivity contribution in [3.05, 3.63) is 109 Å². The van der Waals surface area contributed by atoms with Gasteiger partial charge in [0.15, 0.2) is 5.13 Å². The predicted molar refractivity (Wildman–Crippen MR) is 152 cm³/mol. The third kappa shape index (κ3) is 5.66. The van der Waals surface area contributed by atoms with Gasteiger partial charge in [0.2, 0.25) is 0 Å². The first-order valence-electron chi connectivity index (χ1n) is 11.9. The standard InChI is InChI=1S/C28H21F3N2O5S3/c1-37-20-14-17-24-25(18-20)39-27(32-24)33-26(34)19-12-15-23(16-13-19)40(21-8-4-2-5-9-21,22-10-6-3-7-11-22)38-41(35,36)28(29,30)31/h2-18H,1H3,(H,32,33,34). The maximum absolute atomic E-state index is 13.6. The van der Waals surface area contributed by atoms with Crippen molar-refractivity contribution in [2.24, 2.45) is 0 Å². The van der Waals surface area contributed by atoms with Crippen LogP contribution in [0.1, 0.15) is 10.4 Å². The lowest BCUT2D eigenvalue weighted by Crippen LogP contribution is -2.27. The lowest BCUT2D eigenvalue weighted by Gasteiger charge is -2.39. The Morgan fingerprint density at radius 1 is 0.829 bits per heavy atom. The highest BCUT2D eigenvalue weighted by atomic mass is 32.3. The van der Waals surface area contributed by atoms with Gasteiger partial charge in [-0.15, -0.1) is 0 Å². The third-order valence-corrected chi connectivity index (χ3v) is 11.7. The van der Waals surface area contributed by atoms with Gasteiger partial charge in [-0.2, -0.15) is 25.2 Å². The highest BCUT2D eigenvalue weighted by molar-refractivity contribution is 8.33. The fraction of sp³-hybridized carbons (Fsp3) is 0.0714. The van der Waals surface area contributed by atoms with E-state index in [2.05, 4.69) is 10.3 Å². The second kappa shape index (κ2) is 11.2. The number of nitrogens with zero attached hydrogens (tertiary/aromatic N) is 1. The zero-order chi connectivity index (χ0) is 29.3. The summed E-state index contributed by atoms with van der Waals surface area (Å²) in [5.74, 6) is 0.138. The molecule has 5 rings (SSSR count). The molecule has 4 aromatic carbocycles. The van der Waals surface area contributed by atoms with Gasteiger partial charge in [0.1, 0.15) is 5.75 Å². The molecule has 7 nitrogen and oxygen atoms in total. The van der Waals surface area contributed by atoms with Crippen molar-refractivity contribution in [3.8, 4) is 5.75 Å². The number of carbonyl (C=O) groups excluding carboxylic acids is 1. The maximum atomic E-state index is 13.6. The van der Waals surface area contributed by atoms with Crippen LogP contribution < -0.4 is 10.1 Å². The molecule has 1 heterocycles. The molecule has 0 aliphatic rings. The monoisotopic (exact) mass is 618 g/mol. The number of carbonyl (C=O) groups is 1. The number of amides is 1. The Labute approximate surface area is 239 Å². The summed E-state index contributed by atoms with van der Waals surface area (Å²) < 4.78 is 77.1. The summed E-state index contributed by atoms with van der Waals surface area (Å²) in [5.41, 5.74) is -4.81. The first-order valence-corrected chi connectivity index (χ1v) is 15.6. The number of ether oxygens (including phenoxy) is 1. The van der Waals surface area contributed by atoms with Crippen molar-refractivity contribution in [1.29, 1.82) is 0 Å². The topological polar surface area (TPSA) is 94.6 Å². The summed E-state index contributed by atoms with van der Waals surface area (Å²) in [7, 11) is -7.96.